The molecule has 0 fully saturated rings. The van der Waals surface area contributed by atoms with Gasteiger partial charge in [-0.15, -0.1) is 0 Å². The highest BCUT2D eigenvalue weighted by Gasteiger charge is 2.31. The molecule has 0 aliphatic heterocycles. The molecule has 0 atom stereocenters. The molecule has 0 aliphatic carbocycles. The molecule has 0 spiro atoms. The molecule has 0 saturated heterocycles. The number of alkyl halides is 3. The van der Waals surface area contributed by atoms with Crippen molar-refractivity contribution < 1.29 is 36.6 Å². The van der Waals surface area contributed by atoms with Crippen LogP contribution >= 0.6 is 11.9 Å². The Morgan fingerprint density at radius 3 is 2.42 bits per heavy atom. The van der Waals surface area contributed by atoms with E-state index in [1.54, 1.807) is 0 Å². The lowest BCUT2D eigenvalue weighted by Crippen LogP contribution is -2.06. The number of aromatic hydroxyl groups is 1. The van der Waals surface area contributed by atoms with Crippen LogP contribution < -0.4 is 4.72 Å². The number of benzene rings is 3. The van der Waals surface area contributed by atoms with E-state index in [2.05, 4.69) is 9.46 Å². The molecule has 3 aromatic carbocycles. The zero-order chi connectivity index (χ0) is 22.8. The highest BCUT2D eigenvalue weighted by Crippen LogP contribution is 2.37. The molecule has 0 amide bonds. The van der Waals surface area contributed by atoms with Gasteiger partial charge in [0.25, 0.3) is 0 Å². The van der Waals surface area contributed by atoms with Crippen molar-refractivity contribution in [3.05, 3.63) is 77.4 Å². The Labute approximate surface area is 177 Å². The number of phenolic OH excluding ortho intramolecular Hbond substituents is 1. The number of esters is 1. The Morgan fingerprint density at radius 1 is 1.03 bits per heavy atom. The summed E-state index contributed by atoms with van der Waals surface area (Å²) in [6, 6.07) is 9.27. The Bertz CT molecular complexity index is 1130. The molecule has 3 rings (SSSR count). The van der Waals surface area contributed by atoms with Crippen LogP contribution in [0.5, 0.6) is 5.75 Å². The molecule has 3 aromatic rings. The molecule has 0 radical (unpaired) electrons. The molecule has 31 heavy (non-hydrogen) atoms. The molecule has 0 unspecified atom stereocenters. The SMILES string of the molecule is COC(=O)c1ccc(NSc2cc(-c3cc(F)ccc3F)cc(C(F)(F)F)c2)cc1O. The maximum Gasteiger partial charge on any atom is 0.416 e. The lowest BCUT2D eigenvalue weighted by atomic mass is 10.0. The van der Waals surface area contributed by atoms with Crippen molar-refractivity contribution in [3.63, 3.8) is 0 Å². The fraction of sp³-hybridized carbons (Fsp3) is 0.0952. The van der Waals surface area contributed by atoms with Crippen LogP contribution in [0.4, 0.5) is 27.6 Å². The van der Waals surface area contributed by atoms with E-state index in [0.29, 0.717) is 0 Å². The molecule has 2 N–H and O–H groups in total. The zero-order valence-electron chi connectivity index (χ0n) is 15.8. The first-order chi connectivity index (χ1) is 14.6. The van der Waals surface area contributed by atoms with E-state index in [9.17, 15) is 31.9 Å². The van der Waals surface area contributed by atoms with Crippen LogP contribution in [-0.4, -0.2) is 18.2 Å². The monoisotopic (exact) mass is 455 g/mol. The summed E-state index contributed by atoms with van der Waals surface area (Å²) >= 11 is 0.758. The number of carbonyl (C=O) groups is 1. The normalized spacial score (nSPS) is 11.3. The molecule has 0 aliphatic rings. The van der Waals surface area contributed by atoms with E-state index in [-0.39, 0.29) is 33.0 Å². The number of rotatable bonds is 5. The topological polar surface area (TPSA) is 58.6 Å². The number of nitrogens with one attached hydrogen (secondary N) is 1. The van der Waals surface area contributed by atoms with E-state index in [1.807, 2.05) is 0 Å². The zero-order valence-corrected chi connectivity index (χ0v) is 16.6. The molecule has 0 saturated carbocycles. The number of phenols is 1. The summed E-state index contributed by atoms with van der Waals surface area (Å²) < 4.78 is 74.9. The van der Waals surface area contributed by atoms with Crippen LogP contribution in [-0.2, 0) is 10.9 Å². The smallest absolute Gasteiger partial charge is 0.416 e. The number of hydrogen-bond acceptors (Lipinski definition) is 5. The number of methoxy groups -OCH3 is 1. The van der Waals surface area contributed by atoms with Crippen molar-refractivity contribution in [2.75, 3.05) is 11.8 Å². The van der Waals surface area contributed by atoms with Gasteiger partial charge in [-0.25, -0.2) is 13.6 Å². The molecule has 0 aromatic heterocycles. The van der Waals surface area contributed by atoms with Gasteiger partial charge in [-0.05, 0) is 66.0 Å². The molecule has 162 valence electrons. The molecular formula is C21H14F5NO3S. The van der Waals surface area contributed by atoms with E-state index in [0.717, 1.165) is 49.4 Å². The summed E-state index contributed by atoms with van der Waals surface area (Å²) in [6.45, 7) is 0. The quantitative estimate of drug-likeness (QED) is 0.270. The number of carbonyl (C=O) groups excluding carboxylic acids is 1. The minimum Gasteiger partial charge on any atom is -0.507 e. The Morgan fingerprint density at radius 2 is 1.77 bits per heavy atom. The predicted octanol–water partition coefficient (Wildman–Crippen LogP) is 6.26. The highest BCUT2D eigenvalue weighted by atomic mass is 32.2. The molecular weight excluding hydrogens is 441 g/mol. The minimum absolute atomic E-state index is 0.0602. The van der Waals surface area contributed by atoms with Crippen LogP contribution in [0.2, 0.25) is 0 Å². The van der Waals surface area contributed by atoms with E-state index in [4.69, 9.17) is 0 Å². The summed E-state index contributed by atoms with van der Waals surface area (Å²) in [7, 11) is 1.15. The summed E-state index contributed by atoms with van der Waals surface area (Å²) in [4.78, 5) is 11.6. The number of anilines is 1. The lowest BCUT2D eigenvalue weighted by Gasteiger charge is -2.14. The van der Waals surface area contributed by atoms with E-state index in [1.165, 1.54) is 24.3 Å². The average Bonchev–Trinajstić information content (AvgIpc) is 2.72. The predicted molar refractivity (Wildman–Crippen MR) is 106 cm³/mol. The minimum atomic E-state index is -4.71. The Kier molecular flexibility index (Phi) is 6.40. The first-order valence-corrected chi connectivity index (χ1v) is 9.42. The molecule has 0 bridgehead atoms. The van der Waals surface area contributed by atoms with Gasteiger partial charge in [0.1, 0.15) is 22.9 Å². The van der Waals surface area contributed by atoms with Gasteiger partial charge in [0.2, 0.25) is 0 Å². The summed E-state index contributed by atoms with van der Waals surface area (Å²) in [5.74, 6) is -2.80. The maximum atomic E-state index is 14.1. The van der Waals surface area contributed by atoms with Crippen molar-refractivity contribution >= 4 is 23.6 Å². The van der Waals surface area contributed by atoms with Gasteiger partial charge >= 0.3 is 12.1 Å². The van der Waals surface area contributed by atoms with Crippen molar-refractivity contribution in [1.82, 2.24) is 0 Å². The van der Waals surface area contributed by atoms with Crippen molar-refractivity contribution in [2.45, 2.75) is 11.1 Å². The Balaban J connectivity index is 1.93. The van der Waals surface area contributed by atoms with Crippen LogP contribution in [0, 0.1) is 11.6 Å². The molecule has 4 nitrogen and oxygen atoms in total. The van der Waals surface area contributed by atoms with E-state index >= 15 is 0 Å². The van der Waals surface area contributed by atoms with Crippen LogP contribution in [0.15, 0.2) is 59.5 Å². The van der Waals surface area contributed by atoms with Gasteiger partial charge in [0.05, 0.1) is 12.7 Å². The Hall–Kier alpha value is -3.27. The average molecular weight is 455 g/mol. The van der Waals surface area contributed by atoms with Crippen LogP contribution in [0.3, 0.4) is 0 Å². The van der Waals surface area contributed by atoms with Gasteiger partial charge in [-0.3, -0.25) is 0 Å². The second kappa shape index (κ2) is 8.84. The van der Waals surface area contributed by atoms with Gasteiger partial charge in [0, 0.05) is 22.2 Å². The third-order valence-electron chi connectivity index (χ3n) is 4.16. The third kappa shape index (κ3) is 5.26. The summed E-state index contributed by atoms with van der Waals surface area (Å²) in [5, 5.41) is 9.91. The first kappa shape index (κ1) is 22.4. The van der Waals surface area contributed by atoms with Crippen molar-refractivity contribution in [2.24, 2.45) is 0 Å². The fourth-order valence-electron chi connectivity index (χ4n) is 2.69. The van der Waals surface area contributed by atoms with Crippen LogP contribution in [0.25, 0.3) is 11.1 Å². The first-order valence-electron chi connectivity index (χ1n) is 8.60. The van der Waals surface area contributed by atoms with E-state index < -0.39 is 29.3 Å². The van der Waals surface area contributed by atoms with Crippen molar-refractivity contribution in [3.8, 4) is 16.9 Å². The standard InChI is InChI=1S/C21H14F5NO3S/c1-30-20(29)16-4-3-14(10-19(16)28)27-31-15-7-11(6-12(8-15)21(24,25)26)17-9-13(22)2-5-18(17)23/h2-10,27-28H,1H3. The van der Waals surface area contributed by atoms with Crippen molar-refractivity contribution in [1.29, 1.82) is 0 Å². The largest absolute Gasteiger partial charge is 0.507 e. The maximum absolute atomic E-state index is 14.1. The van der Waals surface area contributed by atoms with Gasteiger partial charge in [-0.1, -0.05) is 0 Å². The highest BCUT2D eigenvalue weighted by molar-refractivity contribution is 8.00. The molecule has 0 heterocycles. The summed E-state index contributed by atoms with van der Waals surface area (Å²) in [6.07, 6.45) is -4.71. The van der Waals surface area contributed by atoms with Crippen LogP contribution in [0.1, 0.15) is 15.9 Å². The summed E-state index contributed by atoms with van der Waals surface area (Å²) in [5.41, 5.74) is -1.30. The fourth-order valence-corrected chi connectivity index (χ4v) is 3.43. The van der Waals surface area contributed by atoms with Gasteiger partial charge in [-0.2, -0.15) is 13.2 Å². The number of ether oxygens (including phenoxy) is 1. The van der Waals surface area contributed by atoms with Gasteiger partial charge < -0.3 is 14.6 Å². The third-order valence-corrected chi connectivity index (χ3v) is 4.97. The second-order valence-electron chi connectivity index (χ2n) is 6.30. The number of halogens is 5. The lowest BCUT2D eigenvalue weighted by molar-refractivity contribution is -0.137. The van der Waals surface area contributed by atoms with Gasteiger partial charge in [0.15, 0.2) is 0 Å². The molecule has 10 heteroatoms. The second-order valence-corrected chi connectivity index (χ2v) is 7.18. The number of hydrogen-bond donors (Lipinski definition) is 2.